The van der Waals surface area contributed by atoms with Crippen molar-refractivity contribution in [2.45, 2.75) is 25.9 Å². The lowest BCUT2D eigenvalue weighted by molar-refractivity contribution is -0.144. The van der Waals surface area contributed by atoms with Crippen LogP contribution in [0, 0.1) is 0 Å². The van der Waals surface area contributed by atoms with E-state index in [0.29, 0.717) is 24.7 Å². The predicted octanol–water partition coefficient (Wildman–Crippen LogP) is 0.149. The lowest BCUT2D eigenvalue weighted by atomic mass is 10.4. The number of rotatable bonds is 9. The quantitative estimate of drug-likeness (QED) is 0.352. The second kappa shape index (κ2) is 10.5. The first-order valence-electron chi connectivity index (χ1n) is 5.61. The average molecular weight is 296 g/mol. The Morgan fingerprint density at radius 1 is 0.944 bits per heavy atom. The van der Waals surface area contributed by atoms with Gasteiger partial charge >= 0.3 is 11.9 Å². The number of carbonyl (C=O) groups excluding carboxylic acids is 2. The fourth-order valence-electron chi connectivity index (χ4n) is 0.878. The molecule has 0 rings (SSSR count). The van der Waals surface area contributed by atoms with Crippen LogP contribution in [0.4, 0.5) is 0 Å². The lowest BCUT2D eigenvalue weighted by Crippen LogP contribution is -2.35. The Bertz CT molecular complexity index is 240. The minimum atomic E-state index is -0.652. The molecule has 0 amide bonds. The third-order valence-electron chi connectivity index (χ3n) is 1.76. The second-order valence-electron chi connectivity index (χ2n) is 3.29. The molecule has 8 heteroatoms. The molecule has 0 spiro atoms. The van der Waals surface area contributed by atoms with Crippen molar-refractivity contribution in [1.29, 1.82) is 0 Å². The van der Waals surface area contributed by atoms with Crippen molar-refractivity contribution in [3.8, 4) is 0 Å². The zero-order valence-corrected chi connectivity index (χ0v) is 12.2. The molecule has 0 saturated carbocycles. The molecule has 4 N–H and O–H groups in total. The van der Waals surface area contributed by atoms with Gasteiger partial charge < -0.3 is 20.9 Å². The SMILES string of the molecule is CCOC(=O)[C@@H](N)CSSC[C@H](N)C(=O)OCC. The Balaban J connectivity index is 3.66. The van der Waals surface area contributed by atoms with Crippen molar-refractivity contribution in [2.75, 3.05) is 24.7 Å². The zero-order valence-electron chi connectivity index (χ0n) is 10.6. The van der Waals surface area contributed by atoms with Crippen LogP contribution in [0.3, 0.4) is 0 Å². The third kappa shape index (κ3) is 7.80. The van der Waals surface area contributed by atoms with Crippen LogP contribution in [0.2, 0.25) is 0 Å². The van der Waals surface area contributed by atoms with E-state index in [1.807, 2.05) is 0 Å². The summed E-state index contributed by atoms with van der Waals surface area (Å²) in [5.41, 5.74) is 11.2. The Morgan fingerprint density at radius 2 is 1.28 bits per heavy atom. The zero-order chi connectivity index (χ0) is 14.0. The number of nitrogens with two attached hydrogens (primary N) is 2. The van der Waals surface area contributed by atoms with Crippen LogP contribution in [0.1, 0.15) is 13.8 Å². The van der Waals surface area contributed by atoms with Crippen LogP contribution in [0.5, 0.6) is 0 Å². The molecule has 0 fully saturated rings. The highest BCUT2D eigenvalue weighted by Crippen LogP contribution is 2.22. The predicted molar refractivity (Wildman–Crippen MR) is 74.1 cm³/mol. The van der Waals surface area contributed by atoms with E-state index >= 15 is 0 Å². The largest absolute Gasteiger partial charge is 0.465 e. The Morgan fingerprint density at radius 3 is 1.56 bits per heavy atom. The molecule has 0 aromatic carbocycles. The fraction of sp³-hybridized carbons (Fsp3) is 0.800. The molecule has 0 aromatic rings. The standard InChI is InChI=1S/C10H20N2O4S2/c1-3-15-9(13)7(11)5-17-18-6-8(12)10(14)16-4-2/h7-8H,3-6,11-12H2,1-2H3/t7-,8-/m0/s1. The maximum Gasteiger partial charge on any atom is 0.323 e. The summed E-state index contributed by atoms with van der Waals surface area (Å²) in [5.74, 6) is -0.00135. The van der Waals surface area contributed by atoms with E-state index < -0.39 is 24.0 Å². The number of hydrogen-bond donors (Lipinski definition) is 2. The first kappa shape index (κ1) is 17.6. The van der Waals surface area contributed by atoms with E-state index in [1.54, 1.807) is 13.8 Å². The van der Waals surface area contributed by atoms with Crippen molar-refractivity contribution in [2.24, 2.45) is 11.5 Å². The van der Waals surface area contributed by atoms with Gasteiger partial charge in [-0.1, -0.05) is 21.6 Å². The summed E-state index contributed by atoms with van der Waals surface area (Å²) in [6, 6.07) is -1.30. The molecule has 106 valence electrons. The Kier molecular flexibility index (Phi) is 10.2. The lowest BCUT2D eigenvalue weighted by Gasteiger charge is -2.11. The molecule has 0 aliphatic rings. The second-order valence-corrected chi connectivity index (χ2v) is 5.84. The van der Waals surface area contributed by atoms with Crippen molar-refractivity contribution in [3.05, 3.63) is 0 Å². The highest BCUT2D eigenvalue weighted by molar-refractivity contribution is 8.76. The first-order valence-corrected chi connectivity index (χ1v) is 8.10. The monoisotopic (exact) mass is 296 g/mol. The van der Waals surface area contributed by atoms with Gasteiger partial charge in [-0.2, -0.15) is 0 Å². The van der Waals surface area contributed by atoms with Gasteiger partial charge in [0.2, 0.25) is 0 Å². The van der Waals surface area contributed by atoms with Gasteiger partial charge in [0.1, 0.15) is 12.1 Å². The summed E-state index contributed by atoms with van der Waals surface area (Å²) in [5, 5.41) is 0. The van der Waals surface area contributed by atoms with Crippen LogP contribution in [-0.4, -0.2) is 48.7 Å². The van der Waals surface area contributed by atoms with Gasteiger partial charge in [-0.25, -0.2) is 0 Å². The number of ether oxygens (including phenoxy) is 2. The molecule has 18 heavy (non-hydrogen) atoms. The smallest absolute Gasteiger partial charge is 0.323 e. The third-order valence-corrected chi connectivity index (χ3v) is 4.23. The highest BCUT2D eigenvalue weighted by atomic mass is 33.1. The van der Waals surface area contributed by atoms with E-state index in [2.05, 4.69) is 0 Å². The molecular weight excluding hydrogens is 276 g/mol. The molecule has 0 radical (unpaired) electrons. The topological polar surface area (TPSA) is 105 Å². The molecule has 0 unspecified atom stereocenters. The van der Waals surface area contributed by atoms with Gasteiger partial charge in [0.05, 0.1) is 13.2 Å². The average Bonchev–Trinajstić information content (AvgIpc) is 2.34. The summed E-state index contributed by atoms with van der Waals surface area (Å²) < 4.78 is 9.53. The minimum Gasteiger partial charge on any atom is -0.465 e. The summed E-state index contributed by atoms with van der Waals surface area (Å²) in [6.45, 7) is 4.09. The van der Waals surface area contributed by atoms with Gasteiger partial charge in [-0.05, 0) is 13.8 Å². The maximum absolute atomic E-state index is 11.2. The Hall–Kier alpha value is -0.440. The van der Waals surface area contributed by atoms with E-state index in [0.717, 1.165) is 0 Å². The molecule has 0 bridgehead atoms. The van der Waals surface area contributed by atoms with Gasteiger partial charge in [-0.3, -0.25) is 9.59 Å². The van der Waals surface area contributed by atoms with Gasteiger partial charge in [-0.15, -0.1) is 0 Å². The summed E-state index contributed by atoms with van der Waals surface area (Å²) >= 11 is 0. The van der Waals surface area contributed by atoms with Gasteiger partial charge in [0.25, 0.3) is 0 Å². The summed E-state index contributed by atoms with van der Waals surface area (Å²) in [4.78, 5) is 22.4. The molecule has 0 saturated heterocycles. The van der Waals surface area contributed by atoms with E-state index in [1.165, 1.54) is 21.6 Å². The van der Waals surface area contributed by atoms with E-state index in [-0.39, 0.29) is 0 Å². The van der Waals surface area contributed by atoms with Crippen molar-refractivity contribution in [1.82, 2.24) is 0 Å². The van der Waals surface area contributed by atoms with Crippen LogP contribution in [0.15, 0.2) is 0 Å². The van der Waals surface area contributed by atoms with Crippen molar-refractivity contribution >= 4 is 33.5 Å². The van der Waals surface area contributed by atoms with E-state index in [9.17, 15) is 9.59 Å². The molecule has 0 heterocycles. The number of carbonyl (C=O) groups is 2. The first-order chi connectivity index (χ1) is 8.52. The number of esters is 2. The van der Waals surface area contributed by atoms with Gasteiger partial charge in [0.15, 0.2) is 0 Å². The van der Waals surface area contributed by atoms with Crippen LogP contribution in [0.25, 0.3) is 0 Å². The number of hydrogen-bond acceptors (Lipinski definition) is 8. The normalized spacial score (nSPS) is 13.8. The minimum absolute atomic E-state index is 0.318. The molecule has 2 atom stereocenters. The van der Waals surface area contributed by atoms with Crippen LogP contribution < -0.4 is 11.5 Å². The molecular formula is C10H20N2O4S2. The van der Waals surface area contributed by atoms with Crippen LogP contribution in [-0.2, 0) is 19.1 Å². The molecule has 0 aliphatic heterocycles. The molecule has 0 aliphatic carbocycles. The highest BCUT2D eigenvalue weighted by Gasteiger charge is 2.17. The van der Waals surface area contributed by atoms with Crippen LogP contribution >= 0.6 is 21.6 Å². The van der Waals surface area contributed by atoms with Gasteiger partial charge in [0, 0.05) is 11.5 Å². The van der Waals surface area contributed by atoms with E-state index in [4.69, 9.17) is 20.9 Å². The van der Waals surface area contributed by atoms with Crippen molar-refractivity contribution < 1.29 is 19.1 Å². The maximum atomic E-state index is 11.2. The molecule has 6 nitrogen and oxygen atoms in total. The van der Waals surface area contributed by atoms with Crippen molar-refractivity contribution in [3.63, 3.8) is 0 Å². The summed E-state index contributed by atoms with van der Waals surface area (Å²) in [6.07, 6.45) is 0. The fourth-order valence-corrected chi connectivity index (χ4v) is 3.09. The summed E-state index contributed by atoms with van der Waals surface area (Å²) in [7, 11) is 2.76. The molecule has 0 aromatic heterocycles. The Labute approximate surface area is 115 Å².